The number of nitrogens with one attached hydrogen (secondary N) is 2. The van der Waals surface area contributed by atoms with Crippen molar-refractivity contribution in [2.75, 3.05) is 10.6 Å². The van der Waals surface area contributed by atoms with E-state index in [-0.39, 0.29) is 17.4 Å². The topological polar surface area (TPSA) is 93.1 Å². The highest BCUT2D eigenvalue weighted by Crippen LogP contribution is 2.28. The predicted octanol–water partition coefficient (Wildman–Crippen LogP) is 4.85. The first-order valence-corrected chi connectivity index (χ1v) is 11.8. The molecule has 8 heteroatoms. The summed E-state index contributed by atoms with van der Waals surface area (Å²) in [6, 6.07) is 23.4. The Bertz CT molecular complexity index is 1390. The highest BCUT2D eigenvalue weighted by molar-refractivity contribution is 8.00. The van der Waals surface area contributed by atoms with Crippen molar-refractivity contribution in [1.82, 2.24) is 9.55 Å². The zero-order valence-electron chi connectivity index (χ0n) is 18.8. The van der Waals surface area contributed by atoms with Gasteiger partial charge in [0.2, 0.25) is 11.8 Å². The Balaban J connectivity index is 1.64. The van der Waals surface area contributed by atoms with E-state index in [1.54, 1.807) is 41.0 Å². The largest absolute Gasteiger partial charge is 0.326 e. The number of anilines is 2. The highest BCUT2D eigenvalue weighted by atomic mass is 32.2. The molecule has 0 saturated carbocycles. The van der Waals surface area contributed by atoms with E-state index in [2.05, 4.69) is 10.6 Å². The van der Waals surface area contributed by atoms with Crippen LogP contribution in [0.2, 0.25) is 0 Å². The van der Waals surface area contributed by atoms with Crippen molar-refractivity contribution >= 4 is 45.9 Å². The number of thioether (sulfide) groups is 1. The molecule has 0 radical (unpaired) electrons. The van der Waals surface area contributed by atoms with Crippen molar-refractivity contribution in [3.05, 3.63) is 89.2 Å². The first-order valence-electron chi connectivity index (χ1n) is 10.9. The van der Waals surface area contributed by atoms with Crippen LogP contribution in [-0.2, 0) is 9.59 Å². The molecule has 0 bridgehead atoms. The molecule has 2 amide bonds. The Morgan fingerprint density at radius 3 is 2.18 bits per heavy atom. The van der Waals surface area contributed by atoms with E-state index >= 15 is 0 Å². The molecule has 34 heavy (non-hydrogen) atoms. The van der Waals surface area contributed by atoms with Crippen molar-refractivity contribution in [3.8, 4) is 5.69 Å². The summed E-state index contributed by atoms with van der Waals surface area (Å²) in [6.45, 7) is 3.36. The van der Waals surface area contributed by atoms with Gasteiger partial charge in [-0.25, -0.2) is 4.98 Å². The lowest BCUT2D eigenvalue weighted by atomic mass is 10.2. The van der Waals surface area contributed by atoms with Crippen LogP contribution in [0.4, 0.5) is 11.4 Å². The molecule has 3 aromatic carbocycles. The maximum atomic E-state index is 13.4. The molecule has 2 N–H and O–H groups in total. The zero-order chi connectivity index (χ0) is 24.1. The number of aromatic nitrogens is 2. The molecular formula is C26H24N4O3S. The average molecular weight is 473 g/mol. The van der Waals surface area contributed by atoms with Crippen molar-refractivity contribution in [2.24, 2.45) is 0 Å². The van der Waals surface area contributed by atoms with Crippen molar-refractivity contribution in [1.29, 1.82) is 0 Å². The second-order valence-corrected chi connectivity index (χ2v) is 8.82. The summed E-state index contributed by atoms with van der Waals surface area (Å²) in [6.07, 6.45) is 0.540. The molecule has 0 spiro atoms. The van der Waals surface area contributed by atoms with E-state index < -0.39 is 5.25 Å². The SMILES string of the molecule is CCC(Sc1nc2ccccc2c(=O)n1-c1ccccc1)C(=O)Nc1ccc(NC(C)=O)cc1. The van der Waals surface area contributed by atoms with Crippen LogP contribution in [0, 0.1) is 0 Å². The van der Waals surface area contributed by atoms with Crippen LogP contribution in [-0.4, -0.2) is 26.6 Å². The molecule has 4 rings (SSSR count). The van der Waals surface area contributed by atoms with Gasteiger partial charge in [0.05, 0.1) is 21.8 Å². The van der Waals surface area contributed by atoms with Crippen LogP contribution in [0.15, 0.2) is 88.8 Å². The van der Waals surface area contributed by atoms with Gasteiger partial charge in [-0.05, 0) is 55.0 Å². The van der Waals surface area contributed by atoms with Gasteiger partial charge in [0, 0.05) is 18.3 Å². The lowest BCUT2D eigenvalue weighted by Crippen LogP contribution is -2.27. The fraction of sp³-hybridized carbons (Fsp3) is 0.154. The minimum Gasteiger partial charge on any atom is -0.326 e. The van der Waals surface area contributed by atoms with E-state index in [9.17, 15) is 14.4 Å². The molecule has 172 valence electrons. The molecule has 1 aromatic heterocycles. The number of fused-ring (bicyclic) bond motifs is 1. The molecule has 0 aliphatic carbocycles. The second-order valence-electron chi connectivity index (χ2n) is 7.65. The molecule has 0 fully saturated rings. The fourth-order valence-corrected chi connectivity index (χ4v) is 4.54. The summed E-state index contributed by atoms with van der Waals surface area (Å²) in [4.78, 5) is 42.4. The highest BCUT2D eigenvalue weighted by Gasteiger charge is 2.22. The lowest BCUT2D eigenvalue weighted by Gasteiger charge is -2.18. The first kappa shape index (κ1) is 23.3. The minimum atomic E-state index is -0.474. The molecule has 0 aliphatic rings. The predicted molar refractivity (Wildman–Crippen MR) is 137 cm³/mol. The molecule has 1 heterocycles. The van der Waals surface area contributed by atoms with Gasteiger partial charge in [-0.3, -0.25) is 19.0 Å². The number of nitrogens with zero attached hydrogens (tertiary/aromatic N) is 2. The van der Waals surface area contributed by atoms with Crippen LogP contribution < -0.4 is 16.2 Å². The summed E-state index contributed by atoms with van der Waals surface area (Å²) in [5, 5.41) is 6.12. The number of rotatable bonds is 7. The first-order chi connectivity index (χ1) is 16.5. The molecule has 7 nitrogen and oxygen atoms in total. The zero-order valence-corrected chi connectivity index (χ0v) is 19.6. The summed E-state index contributed by atoms with van der Waals surface area (Å²) >= 11 is 1.26. The molecule has 0 aliphatic heterocycles. The van der Waals surface area contributed by atoms with E-state index in [0.29, 0.717) is 39.5 Å². The van der Waals surface area contributed by atoms with Crippen LogP contribution in [0.25, 0.3) is 16.6 Å². The third-order valence-corrected chi connectivity index (χ3v) is 6.46. The van der Waals surface area contributed by atoms with Crippen molar-refractivity contribution in [2.45, 2.75) is 30.7 Å². The van der Waals surface area contributed by atoms with Crippen LogP contribution in [0.3, 0.4) is 0 Å². The summed E-state index contributed by atoms with van der Waals surface area (Å²) in [5.41, 5.74) is 2.37. The third kappa shape index (κ3) is 5.18. The van der Waals surface area contributed by atoms with Crippen LogP contribution in [0.1, 0.15) is 20.3 Å². The molecule has 1 atom stereocenters. The monoisotopic (exact) mass is 472 g/mol. The number of carbonyl (C=O) groups is 2. The number of amides is 2. The molecule has 0 saturated heterocycles. The normalized spacial score (nSPS) is 11.7. The van der Waals surface area contributed by atoms with Crippen LogP contribution in [0.5, 0.6) is 0 Å². The van der Waals surface area contributed by atoms with E-state index in [1.165, 1.54) is 18.7 Å². The Morgan fingerprint density at radius 1 is 0.912 bits per heavy atom. The average Bonchev–Trinajstić information content (AvgIpc) is 2.84. The Morgan fingerprint density at radius 2 is 1.53 bits per heavy atom. The standard InChI is InChI=1S/C26H24N4O3S/c1-3-23(24(32)28-19-15-13-18(14-16-19)27-17(2)31)34-26-29-22-12-8-7-11-21(22)25(33)30(26)20-9-5-4-6-10-20/h4-16,23H,3H2,1-2H3,(H,27,31)(H,28,32). The van der Waals surface area contributed by atoms with Crippen molar-refractivity contribution in [3.63, 3.8) is 0 Å². The Hall–Kier alpha value is -3.91. The summed E-state index contributed by atoms with van der Waals surface area (Å²) in [5.74, 6) is -0.353. The van der Waals surface area contributed by atoms with E-state index in [4.69, 9.17) is 4.98 Å². The van der Waals surface area contributed by atoms with E-state index in [0.717, 1.165) is 0 Å². The molecular weight excluding hydrogens is 448 g/mol. The number of hydrogen-bond acceptors (Lipinski definition) is 5. The van der Waals surface area contributed by atoms with Gasteiger partial charge in [-0.1, -0.05) is 49.0 Å². The maximum absolute atomic E-state index is 13.4. The molecule has 1 unspecified atom stereocenters. The van der Waals surface area contributed by atoms with Gasteiger partial charge in [0.25, 0.3) is 5.56 Å². The maximum Gasteiger partial charge on any atom is 0.266 e. The van der Waals surface area contributed by atoms with Gasteiger partial charge < -0.3 is 10.6 Å². The fourth-order valence-electron chi connectivity index (χ4n) is 3.51. The van der Waals surface area contributed by atoms with Gasteiger partial charge in [-0.2, -0.15) is 0 Å². The summed E-state index contributed by atoms with van der Waals surface area (Å²) in [7, 11) is 0. The number of hydrogen-bond donors (Lipinski definition) is 2. The number of carbonyl (C=O) groups excluding carboxylic acids is 2. The van der Waals surface area contributed by atoms with Gasteiger partial charge >= 0.3 is 0 Å². The lowest BCUT2D eigenvalue weighted by molar-refractivity contribution is -0.116. The molecule has 4 aromatic rings. The minimum absolute atomic E-state index is 0.161. The van der Waals surface area contributed by atoms with Gasteiger partial charge in [0.15, 0.2) is 5.16 Å². The Labute approximate surface area is 201 Å². The summed E-state index contributed by atoms with van der Waals surface area (Å²) < 4.78 is 1.56. The number of benzene rings is 3. The number of para-hydroxylation sites is 2. The van der Waals surface area contributed by atoms with E-state index in [1.807, 2.05) is 49.4 Å². The van der Waals surface area contributed by atoms with Crippen molar-refractivity contribution < 1.29 is 9.59 Å². The second kappa shape index (κ2) is 10.4. The van der Waals surface area contributed by atoms with Crippen LogP contribution >= 0.6 is 11.8 Å². The third-order valence-electron chi connectivity index (χ3n) is 5.14. The van der Waals surface area contributed by atoms with Gasteiger partial charge in [0.1, 0.15) is 0 Å². The van der Waals surface area contributed by atoms with Gasteiger partial charge in [-0.15, -0.1) is 0 Å². The quantitative estimate of drug-likeness (QED) is 0.296. The smallest absolute Gasteiger partial charge is 0.266 e. The Kier molecular flexibility index (Phi) is 7.08.